The molecular weight excluding hydrogens is 200 g/mol. The van der Waals surface area contributed by atoms with Crippen LogP contribution < -0.4 is 11.1 Å². The molecule has 0 spiro atoms. The van der Waals surface area contributed by atoms with Gasteiger partial charge < -0.3 is 11.1 Å². The van der Waals surface area contributed by atoms with Crippen molar-refractivity contribution in [3.8, 4) is 0 Å². The van der Waals surface area contributed by atoms with E-state index in [-0.39, 0.29) is 11.9 Å². The molecule has 0 aliphatic heterocycles. The van der Waals surface area contributed by atoms with Crippen molar-refractivity contribution in [2.75, 3.05) is 0 Å². The molecule has 0 saturated heterocycles. The van der Waals surface area contributed by atoms with Crippen molar-refractivity contribution in [3.63, 3.8) is 0 Å². The Morgan fingerprint density at radius 3 is 2.31 bits per heavy atom. The second-order valence-corrected chi connectivity index (χ2v) is 3.91. The Bertz CT molecular complexity index is 320. The third kappa shape index (κ3) is 3.35. The molecule has 3 nitrogen and oxygen atoms in total. The molecule has 3 N–H and O–H groups in total. The van der Waals surface area contributed by atoms with E-state index in [1.807, 2.05) is 30.3 Å². The van der Waals surface area contributed by atoms with Gasteiger partial charge in [-0.15, -0.1) is 0 Å². The van der Waals surface area contributed by atoms with Crippen molar-refractivity contribution in [2.45, 2.75) is 38.8 Å². The van der Waals surface area contributed by atoms with Crippen molar-refractivity contribution in [2.24, 2.45) is 5.73 Å². The standard InChI is InChI=1S/C13H20N2O/c1-3-11(4-2)15-13(16)12(14)10-8-6-5-7-9-10/h5-9,11-12H,3-4,14H2,1-2H3,(H,15,16). The lowest BCUT2D eigenvalue weighted by Gasteiger charge is -2.18. The first kappa shape index (κ1) is 12.7. The van der Waals surface area contributed by atoms with Crippen molar-refractivity contribution in [1.29, 1.82) is 0 Å². The van der Waals surface area contributed by atoms with E-state index >= 15 is 0 Å². The SMILES string of the molecule is CCC(CC)NC(=O)C(N)c1ccccc1. The maximum absolute atomic E-state index is 11.8. The highest BCUT2D eigenvalue weighted by Gasteiger charge is 2.17. The molecule has 0 fully saturated rings. The van der Waals surface area contributed by atoms with E-state index in [2.05, 4.69) is 19.2 Å². The number of carbonyl (C=O) groups is 1. The van der Waals surface area contributed by atoms with Gasteiger partial charge in [0.15, 0.2) is 0 Å². The van der Waals surface area contributed by atoms with Gasteiger partial charge in [-0.05, 0) is 18.4 Å². The third-order valence-electron chi connectivity index (χ3n) is 2.77. The minimum atomic E-state index is -0.568. The molecule has 0 heterocycles. The van der Waals surface area contributed by atoms with Gasteiger partial charge in [0.2, 0.25) is 5.91 Å². The van der Waals surface area contributed by atoms with Gasteiger partial charge in [0, 0.05) is 6.04 Å². The molecule has 1 aromatic rings. The van der Waals surface area contributed by atoms with Gasteiger partial charge in [-0.25, -0.2) is 0 Å². The molecule has 16 heavy (non-hydrogen) atoms. The van der Waals surface area contributed by atoms with E-state index in [0.29, 0.717) is 0 Å². The first-order chi connectivity index (χ1) is 7.69. The fourth-order valence-corrected chi connectivity index (χ4v) is 1.60. The van der Waals surface area contributed by atoms with Crippen LogP contribution in [0.15, 0.2) is 30.3 Å². The quantitative estimate of drug-likeness (QED) is 0.797. The molecule has 0 aliphatic rings. The summed E-state index contributed by atoms with van der Waals surface area (Å²) in [7, 11) is 0. The predicted molar refractivity (Wildman–Crippen MR) is 65.9 cm³/mol. The Hall–Kier alpha value is -1.35. The number of benzene rings is 1. The second-order valence-electron chi connectivity index (χ2n) is 3.91. The van der Waals surface area contributed by atoms with E-state index in [1.54, 1.807) is 0 Å². The Labute approximate surface area is 97.0 Å². The predicted octanol–water partition coefficient (Wildman–Crippen LogP) is 1.99. The molecular formula is C13H20N2O. The summed E-state index contributed by atoms with van der Waals surface area (Å²) in [5.41, 5.74) is 6.74. The van der Waals surface area contributed by atoms with Gasteiger partial charge in [0.25, 0.3) is 0 Å². The van der Waals surface area contributed by atoms with Crippen LogP contribution in [0.2, 0.25) is 0 Å². The van der Waals surface area contributed by atoms with Crippen molar-refractivity contribution >= 4 is 5.91 Å². The molecule has 0 saturated carbocycles. The fraction of sp³-hybridized carbons (Fsp3) is 0.462. The van der Waals surface area contributed by atoms with Crippen molar-refractivity contribution in [1.82, 2.24) is 5.32 Å². The van der Waals surface area contributed by atoms with Gasteiger partial charge in [-0.2, -0.15) is 0 Å². The smallest absolute Gasteiger partial charge is 0.241 e. The number of nitrogens with two attached hydrogens (primary N) is 1. The highest BCUT2D eigenvalue weighted by Crippen LogP contribution is 2.10. The van der Waals surface area contributed by atoms with E-state index in [0.717, 1.165) is 18.4 Å². The Kier molecular flexibility index (Phi) is 4.99. The van der Waals surface area contributed by atoms with Crippen LogP contribution in [0, 0.1) is 0 Å². The van der Waals surface area contributed by atoms with Gasteiger partial charge in [-0.3, -0.25) is 4.79 Å². The average molecular weight is 220 g/mol. The van der Waals surface area contributed by atoms with Gasteiger partial charge in [-0.1, -0.05) is 44.2 Å². The molecule has 3 heteroatoms. The molecule has 0 aromatic heterocycles. The van der Waals surface area contributed by atoms with Crippen LogP contribution in [0.1, 0.15) is 38.3 Å². The van der Waals surface area contributed by atoms with Crippen LogP contribution in [0.25, 0.3) is 0 Å². The molecule has 0 bridgehead atoms. The summed E-state index contributed by atoms with van der Waals surface area (Å²) >= 11 is 0. The van der Waals surface area contributed by atoms with Gasteiger partial charge in [0.05, 0.1) is 0 Å². The van der Waals surface area contributed by atoms with Gasteiger partial charge >= 0.3 is 0 Å². The lowest BCUT2D eigenvalue weighted by Crippen LogP contribution is -2.40. The molecule has 88 valence electrons. The minimum absolute atomic E-state index is 0.0973. The largest absolute Gasteiger partial charge is 0.352 e. The van der Waals surface area contributed by atoms with Crippen molar-refractivity contribution in [3.05, 3.63) is 35.9 Å². The number of amides is 1. The minimum Gasteiger partial charge on any atom is -0.352 e. The van der Waals surface area contributed by atoms with E-state index in [1.165, 1.54) is 0 Å². The summed E-state index contributed by atoms with van der Waals surface area (Å²) < 4.78 is 0. The fourth-order valence-electron chi connectivity index (χ4n) is 1.60. The van der Waals surface area contributed by atoms with E-state index in [4.69, 9.17) is 5.73 Å². The normalized spacial score (nSPS) is 12.5. The highest BCUT2D eigenvalue weighted by molar-refractivity contribution is 5.83. The number of hydrogen-bond acceptors (Lipinski definition) is 2. The summed E-state index contributed by atoms with van der Waals surface area (Å²) in [6, 6.07) is 9.09. The Morgan fingerprint density at radius 1 is 1.25 bits per heavy atom. The summed E-state index contributed by atoms with van der Waals surface area (Å²) in [5, 5.41) is 2.95. The number of rotatable bonds is 5. The highest BCUT2D eigenvalue weighted by atomic mass is 16.2. The van der Waals surface area contributed by atoms with E-state index < -0.39 is 6.04 Å². The van der Waals surface area contributed by atoms with Crippen molar-refractivity contribution < 1.29 is 4.79 Å². The summed E-state index contributed by atoms with van der Waals surface area (Å²) in [5.74, 6) is -0.0973. The third-order valence-corrected chi connectivity index (χ3v) is 2.77. The summed E-state index contributed by atoms with van der Waals surface area (Å²) in [6.07, 6.45) is 1.87. The molecule has 0 radical (unpaired) electrons. The molecule has 1 amide bonds. The Balaban J connectivity index is 2.61. The van der Waals surface area contributed by atoms with E-state index in [9.17, 15) is 4.79 Å². The molecule has 1 aromatic carbocycles. The monoisotopic (exact) mass is 220 g/mol. The van der Waals surface area contributed by atoms with Crippen LogP contribution in [0.3, 0.4) is 0 Å². The molecule has 1 atom stereocenters. The average Bonchev–Trinajstić information content (AvgIpc) is 2.35. The maximum Gasteiger partial charge on any atom is 0.241 e. The first-order valence-corrected chi connectivity index (χ1v) is 5.79. The summed E-state index contributed by atoms with van der Waals surface area (Å²) in [4.78, 5) is 11.8. The molecule has 0 aliphatic carbocycles. The number of nitrogens with one attached hydrogen (secondary N) is 1. The molecule has 1 rings (SSSR count). The zero-order valence-corrected chi connectivity index (χ0v) is 9.94. The number of carbonyl (C=O) groups excluding carboxylic acids is 1. The zero-order chi connectivity index (χ0) is 12.0. The lowest BCUT2D eigenvalue weighted by atomic mass is 10.1. The zero-order valence-electron chi connectivity index (χ0n) is 9.94. The van der Waals surface area contributed by atoms with Crippen LogP contribution >= 0.6 is 0 Å². The van der Waals surface area contributed by atoms with Crippen LogP contribution in [-0.4, -0.2) is 11.9 Å². The maximum atomic E-state index is 11.8. The lowest BCUT2D eigenvalue weighted by molar-refractivity contribution is -0.123. The second kappa shape index (κ2) is 6.28. The molecule has 1 unspecified atom stereocenters. The topological polar surface area (TPSA) is 55.1 Å². The number of hydrogen-bond donors (Lipinski definition) is 2. The van der Waals surface area contributed by atoms with Crippen LogP contribution in [-0.2, 0) is 4.79 Å². The van der Waals surface area contributed by atoms with Crippen LogP contribution in [0.4, 0.5) is 0 Å². The Morgan fingerprint density at radius 2 is 1.81 bits per heavy atom. The summed E-state index contributed by atoms with van der Waals surface area (Å²) in [6.45, 7) is 4.12. The van der Waals surface area contributed by atoms with Crippen LogP contribution in [0.5, 0.6) is 0 Å². The first-order valence-electron chi connectivity index (χ1n) is 5.79. The van der Waals surface area contributed by atoms with Gasteiger partial charge in [0.1, 0.15) is 6.04 Å².